The maximum Gasteiger partial charge on any atom is 0.134 e. The van der Waals surface area contributed by atoms with Crippen molar-refractivity contribution in [1.29, 1.82) is 0 Å². The van der Waals surface area contributed by atoms with Gasteiger partial charge in [-0.1, -0.05) is 54.8 Å². The monoisotopic (exact) mass is 454 g/mol. The molecule has 3 fully saturated rings. The Bertz CT molecular complexity index is 1270. The van der Waals surface area contributed by atoms with Crippen molar-refractivity contribution in [3.05, 3.63) is 60.3 Å². The van der Waals surface area contributed by atoms with Crippen LogP contribution in [0.4, 0.5) is 0 Å². The van der Waals surface area contributed by atoms with E-state index in [-0.39, 0.29) is 1.43 Å². The summed E-state index contributed by atoms with van der Waals surface area (Å²) in [5, 5.41) is 17.4. The Balaban J connectivity index is 0.00000229. The molecule has 3 atom stereocenters. The second kappa shape index (κ2) is 8.35. The summed E-state index contributed by atoms with van der Waals surface area (Å²) in [6.45, 7) is 0. The molecule has 0 amide bonds. The number of H-pyrrole nitrogens is 1. The Morgan fingerprint density at radius 1 is 0.824 bits per heavy atom. The number of aromatic nitrogens is 5. The van der Waals surface area contributed by atoms with Gasteiger partial charge in [-0.05, 0) is 68.2 Å². The highest BCUT2D eigenvalue weighted by molar-refractivity contribution is 5.91. The van der Waals surface area contributed by atoms with Gasteiger partial charge in [0.25, 0.3) is 0 Å². The van der Waals surface area contributed by atoms with Crippen LogP contribution in [0.2, 0.25) is 0 Å². The Morgan fingerprint density at radius 3 is 2.38 bits per heavy atom. The Morgan fingerprint density at radius 2 is 1.59 bits per heavy atom. The Hall–Kier alpha value is -2.99. The third-order valence-electron chi connectivity index (χ3n) is 8.62. The fourth-order valence-corrected chi connectivity index (χ4v) is 7.02. The molecule has 2 aromatic heterocycles. The molecule has 1 aliphatic carbocycles. The van der Waals surface area contributed by atoms with Crippen LogP contribution in [0, 0.1) is 0 Å². The second-order valence-electron chi connectivity index (χ2n) is 10.6. The summed E-state index contributed by atoms with van der Waals surface area (Å²) in [7, 11) is 0. The highest BCUT2D eigenvalue weighted by atomic mass is 15.4. The number of rotatable bonds is 4. The van der Waals surface area contributed by atoms with Crippen molar-refractivity contribution in [2.75, 3.05) is 0 Å². The molecular weight excluding hydrogens is 420 g/mol. The summed E-state index contributed by atoms with van der Waals surface area (Å²) in [6, 6.07) is 19.6. The lowest BCUT2D eigenvalue weighted by Crippen LogP contribution is -2.49. The van der Waals surface area contributed by atoms with E-state index in [1.165, 1.54) is 63.4 Å². The molecule has 34 heavy (non-hydrogen) atoms. The first-order chi connectivity index (χ1) is 16.8. The van der Waals surface area contributed by atoms with Gasteiger partial charge in [0.1, 0.15) is 11.4 Å². The van der Waals surface area contributed by atoms with Gasteiger partial charge < -0.3 is 0 Å². The van der Waals surface area contributed by atoms with Crippen molar-refractivity contribution >= 4 is 10.9 Å². The lowest BCUT2D eigenvalue weighted by molar-refractivity contribution is 0.0567. The predicted molar refractivity (Wildman–Crippen MR) is 136 cm³/mol. The molecule has 2 bridgehead atoms. The lowest BCUT2D eigenvalue weighted by Gasteiger charge is -2.45. The predicted octanol–water partition coefficient (Wildman–Crippen LogP) is 6.10. The number of nitrogens with one attached hydrogen (secondary N) is 1. The molecule has 2 aromatic carbocycles. The molecule has 6 heteroatoms. The van der Waals surface area contributed by atoms with Crippen LogP contribution in [0.15, 0.2) is 54.7 Å². The molecule has 1 saturated carbocycles. The summed E-state index contributed by atoms with van der Waals surface area (Å²) >= 11 is 0. The highest BCUT2D eigenvalue weighted by Gasteiger charge is 2.44. The number of benzene rings is 2. The summed E-state index contributed by atoms with van der Waals surface area (Å²) in [6.07, 6.45) is 14.6. The van der Waals surface area contributed by atoms with Gasteiger partial charge in [0.2, 0.25) is 0 Å². The highest BCUT2D eigenvalue weighted by Crippen LogP contribution is 2.46. The minimum Gasteiger partial charge on any atom is -0.294 e. The molecule has 1 N–H and O–H groups in total. The zero-order valence-electron chi connectivity index (χ0n) is 19.6. The Labute approximate surface area is 201 Å². The van der Waals surface area contributed by atoms with E-state index < -0.39 is 0 Å². The summed E-state index contributed by atoms with van der Waals surface area (Å²) < 4.78 is 1.86. The SMILES string of the molecule is [HH].c1ccc2c(-c3cn(-c4ccc(C5C[C@H]6CC[C@@H](C5)N6C5CCCCC5)cc4)nn3)n[nH]c2c1. The first-order valence-electron chi connectivity index (χ1n) is 13.1. The number of para-hydroxylation sites is 1. The van der Waals surface area contributed by atoms with E-state index in [0.717, 1.165) is 46.1 Å². The number of hydrogen-bond donors (Lipinski definition) is 1. The van der Waals surface area contributed by atoms with Crippen molar-refractivity contribution < 1.29 is 1.43 Å². The summed E-state index contributed by atoms with van der Waals surface area (Å²) in [5.41, 5.74) is 5.18. The molecule has 3 aliphatic rings. The molecule has 1 unspecified atom stereocenters. The molecule has 6 nitrogen and oxygen atoms in total. The molecule has 2 aliphatic heterocycles. The zero-order valence-corrected chi connectivity index (χ0v) is 19.6. The van der Waals surface area contributed by atoms with Crippen LogP contribution in [0.25, 0.3) is 28.0 Å². The van der Waals surface area contributed by atoms with E-state index in [0.29, 0.717) is 5.92 Å². The average Bonchev–Trinajstić information content (AvgIpc) is 3.60. The van der Waals surface area contributed by atoms with Gasteiger partial charge in [0, 0.05) is 24.9 Å². The fraction of sp³-hybridized carbons (Fsp3) is 0.464. The third-order valence-corrected chi connectivity index (χ3v) is 8.62. The van der Waals surface area contributed by atoms with Gasteiger partial charge >= 0.3 is 0 Å². The largest absolute Gasteiger partial charge is 0.294 e. The van der Waals surface area contributed by atoms with Crippen molar-refractivity contribution in [3.63, 3.8) is 0 Å². The minimum absolute atomic E-state index is 0. The zero-order chi connectivity index (χ0) is 22.5. The minimum atomic E-state index is 0. The number of fused-ring (bicyclic) bond motifs is 3. The number of nitrogens with zero attached hydrogens (tertiary/aromatic N) is 5. The van der Waals surface area contributed by atoms with Crippen LogP contribution < -0.4 is 0 Å². The molecule has 0 radical (unpaired) electrons. The first kappa shape index (κ1) is 20.4. The second-order valence-corrected chi connectivity index (χ2v) is 10.6. The van der Waals surface area contributed by atoms with Crippen LogP contribution in [-0.4, -0.2) is 48.2 Å². The maximum absolute atomic E-state index is 4.46. The summed E-state index contributed by atoms with van der Waals surface area (Å²) in [5.74, 6) is 0.688. The van der Waals surface area contributed by atoms with Gasteiger partial charge in [-0.25, -0.2) is 4.68 Å². The van der Waals surface area contributed by atoms with Crippen LogP contribution >= 0.6 is 0 Å². The summed E-state index contributed by atoms with van der Waals surface area (Å²) in [4.78, 5) is 2.96. The van der Waals surface area contributed by atoms with Gasteiger partial charge in [-0.15, -0.1) is 5.10 Å². The van der Waals surface area contributed by atoms with Crippen LogP contribution in [-0.2, 0) is 0 Å². The van der Waals surface area contributed by atoms with Crippen LogP contribution in [0.1, 0.15) is 70.7 Å². The molecule has 2 saturated heterocycles. The third kappa shape index (κ3) is 3.47. The molecule has 0 spiro atoms. The molecule has 4 aromatic rings. The topological polar surface area (TPSA) is 62.6 Å². The van der Waals surface area contributed by atoms with E-state index in [2.05, 4.69) is 55.7 Å². The molecular formula is C28H34N6. The Kier molecular flexibility index (Phi) is 5.00. The quantitative estimate of drug-likeness (QED) is 0.405. The van der Waals surface area contributed by atoms with Gasteiger partial charge in [0.15, 0.2) is 0 Å². The number of piperidine rings is 1. The van der Waals surface area contributed by atoms with E-state index >= 15 is 0 Å². The van der Waals surface area contributed by atoms with Crippen molar-refractivity contribution in [2.24, 2.45) is 0 Å². The number of aromatic amines is 1. The molecule has 4 heterocycles. The average molecular weight is 455 g/mol. The van der Waals surface area contributed by atoms with Crippen molar-refractivity contribution in [1.82, 2.24) is 30.1 Å². The van der Waals surface area contributed by atoms with E-state index in [4.69, 9.17) is 0 Å². The number of hydrogen-bond acceptors (Lipinski definition) is 4. The van der Waals surface area contributed by atoms with Crippen molar-refractivity contribution in [3.8, 4) is 17.1 Å². The molecule has 176 valence electrons. The van der Waals surface area contributed by atoms with Crippen LogP contribution in [0.5, 0.6) is 0 Å². The van der Waals surface area contributed by atoms with E-state index in [1.54, 1.807) is 0 Å². The fourth-order valence-electron chi connectivity index (χ4n) is 7.02. The molecule has 7 rings (SSSR count). The van der Waals surface area contributed by atoms with Gasteiger partial charge in [-0.3, -0.25) is 10.00 Å². The van der Waals surface area contributed by atoms with Crippen molar-refractivity contribution in [2.45, 2.75) is 81.8 Å². The maximum atomic E-state index is 4.46. The smallest absolute Gasteiger partial charge is 0.134 e. The van der Waals surface area contributed by atoms with E-state index in [1.807, 2.05) is 29.1 Å². The normalized spacial score (nSPS) is 25.8. The van der Waals surface area contributed by atoms with Gasteiger partial charge in [0.05, 0.1) is 17.4 Å². The first-order valence-corrected chi connectivity index (χ1v) is 13.1. The van der Waals surface area contributed by atoms with Crippen LogP contribution in [0.3, 0.4) is 0 Å². The lowest BCUT2D eigenvalue weighted by atomic mass is 9.82. The van der Waals surface area contributed by atoms with Gasteiger partial charge in [-0.2, -0.15) is 5.10 Å². The standard InChI is InChI=1S/C28H32N6.H2/c1-2-6-22(7-3-1)34-23-14-15-24(34)17-20(16-23)19-10-12-21(13-11-19)33-18-27(30-32-33)28-25-8-4-5-9-26(25)29-31-28;/h4-5,8-13,18,20,22-24H,1-3,6-7,14-17H2,(H,29,31);1H/t20?,23-,24+;. The van der Waals surface area contributed by atoms with E-state index in [9.17, 15) is 0 Å².